The number of hydrogen-bond donors (Lipinski definition) is 1. The van der Waals surface area contributed by atoms with E-state index < -0.39 is 25.2 Å². The molecule has 1 aromatic carbocycles. The van der Waals surface area contributed by atoms with Gasteiger partial charge in [-0.3, -0.25) is 9.69 Å². The lowest BCUT2D eigenvalue weighted by Crippen LogP contribution is -2.37. The molecule has 7 heteroatoms. The third kappa shape index (κ3) is 5.88. The summed E-state index contributed by atoms with van der Waals surface area (Å²) in [7, 11) is 0. The fraction of sp³-hybridized carbons (Fsp3) is 0.364. The topological polar surface area (TPSA) is 40.5 Å². The second-order valence-corrected chi connectivity index (χ2v) is 4.22. The largest absolute Gasteiger partial charge is 0.480 e. The van der Waals surface area contributed by atoms with Gasteiger partial charge in [0.2, 0.25) is 0 Å². The molecule has 1 N–H and O–H groups in total. The third-order valence-electron chi connectivity index (χ3n) is 2.08. The molecule has 0 aliphatic rings. The summed E-state index contributed by atoms with van der Waals surface area (Å²) in [6.07, 6.45) is -4.43. The van der Waals surface area contributed by atoms with Crippen LogP contribution in [0.2, 0.25) is 5.02 Å². The Morgan fingerprint density at radius 2 is 1.83 bits per heavy atom. The van der Waals surface area contributed by atoms with Gasteiger partial charge in [0.1, 0.15) is 0 Å². The van der Waals surface area contributed by atoms with Gasteiger partial charge in [-0.2, -0.15) is 13.2 Å². The Hall–Kier alpha value is -1.27. The monoisotopic (exact) mass is 281 g/mol. The molecule has 3 nitrogen and oxygen atoms in total. The van der Waals surface area contributed by atoms with E-state index in [2.05, 4.69) is 0 Å². The van der Waals surface area contributed by atoms with Gasteiger partial charge in [-0.25, -0.2) is 0 Å². The van der Waals surface area contributed by atoms with Crippen molar-refractivity contribution in [2.45, 2.75) is 12.7 Å². The molecule has 0 spiro atoms. The Labute approximate surface area is 107 Å². The van der Waals surface area contributed by atoms with Crippen LogP contribution in [0.3, 0.4) is 0 Å². The van der Waals surface area contributed by atoms with E-state index in [0.29, 0.717) is 10.6 Å². The zero-order chi connectivity index (χ0) is 13.8. The van der Waals surface area contributed by atoms with E-state index >= 15 is 0 Å². The number of rotatable bonds is 5. The number of aliphatic carboxylic acids is 1. The molecule has 0 saturated carbocycles. The summed E-state index contributed by atoms with van der Waals surface area (Å²) in [6, 6.07) is 6.22. The number of benzene rings is 1. The van der Waals surface area contributed by atoms with Crippen molar-refractivity contribution in [2.75, 3.05) is 13.1 Å². The van der Waals surface area contributed by atoms with Crippen molar-refractivity contribution in [3.63, 3.8) is 0 Å². The summed E-state index contributed by atoms with van der Waals surface area (Å²) in [5.74, 6) is -1.30. The molecule has 0 saturated heterocycles. The molecule has 1 aromatic rings. The minimum Gasteiger partial charge on any atom is -0.480 e. The number of halogens is 4. The van der Waals surface area contributed by atoms with Crippen molar-refractivity contribution in [1.82, 2.24) is 4.90 Å². The quantitative estimate of drug-likeness (QED) is 0.902. The van der Waals surface area contributed by atoms with Gasteiger partial charge in [0.05, 0.1) is 13.1 Å². The Morgan fingerprint density at radius 1 is 1.28 bits per heavy atom. The molecule has 0 fully saturated rings. The fourth-order valence-corrected chi connectivity index (χ4v) is 1.59. The van der Waals surface area contributed by atoms with Crippen LogP contribution in [0, 0.1) is 0 Å². The summed E-state index contributed by atoms with van der Waals surface area (Å²) >= 11 is 5.65. The van der Waals surface area contributed by atoms with Crippen molar-refractivity contribution >= 4 is 17.6 Å². The smallest absolute Gasteiger partial charge is 0.401 e. The highest BCUT2D eigenvalue weighted by molar-refractivity contribution is 6.30. The predicted molar refractivity (Wildman–Crippen MR) is 60.4 cm³/mol. The maximum atomic E-state index is 12.3. The van der Waals surface area contributed by atoms with Crippen LogP contribution in [0.4, 0.5) is 13.2 Å². The van der Waals surface area contributed by atoms with Crippen LogP contribution >= 0.6 is 11.6 Å². The van der Waals surface area contributed by atoms with Crippen LogP contribution in [0.1, 0.15) is 5.56 Å². The van der Waals surface area contributed by atoms with E-state index in [1.807, 2.05) is 0 Å². The zero-order valence-electron chi connectivity index (χ0n) is 9.25. The van der Waals surface area contributed by atoms with E-state index in [0.717, 1.165) is 4.90 Å². The predicted octanol–water partition coefficient (Wildman–Crippen LogP) is 2.79. The minimum absolute atomic E-state index is 0.0943. The third-order valence-corrected chi connectivity index (χ3v) is 2.33. The molecule has 1 rings (SSSR count). The summed E-state index contributed by atoms with van der Waals surface area (Å²) < 4.78 is 36.8. The lowest BCUT2D eigenvalue weighted by atomic mass is 10.2. The van der Waals surface area contributed by atoms with Crippen LogP contribution in [-0.2, 0) is 11.3 Å². The second kappa shape index (κ2) is 6.06. The molecule has 0 aromatic heterocycles. The molecule has 0 aliphatic heterocycles. The van der Waals surface area contributed by atoms with Gasteiger partial charge >= 0.3 is 12.1 Å². The number of alkyl halides is 3. The summed E-state index contributed by atoms with van der Waals surface area (Å²) in [5, 5.41) is 9.04. The standard InChI is InChI=1S/C11H11ClF3NO2/c12-9-3-1-8(2-4-9)5-16(6-10(17)18)7-11(13,14)15/h1-4H,5-7H2,(H,17,18). The van der Waals surface area contributed by atoms with Crippen LogP contribution in [0.15, 0.2) is 24.3 Å². The van der Waals surface area contributed by atoms with Gasteiger partial charge in [0.25, 0.3) is 0 Å². The highest BCUT2D eigenvalue weighted by Gasteiger charge is 2.31. The van der Waals surface area contributed by atoms with E-state index in [1.54, 1.807) is 24.3 Å². The maximum Gasteiger partial charge on any atom is 0.401 e. The average Bonchev–Trinajstić information content (AvgIpc) is 2.18. The Bertz CT molecular complexity index is 406. The molecule has 0 atom stereocenters. The number of carboxylic acids is 1. The van der Waals surface area contributed by atoms with Crippen molar-refractivity contribution in [3.05, 3.63) is 34.9 Å². The Kier molecular flexibility index (Phi) is 4.98. The SMILES string of the molecule is O=C(O)CN(Cc1ccc(Cl)cc1)CC(F)(F)F. The summed E-state index contributed by atoms with van der Waals surface area (Å²) in [6.45, 7) is -2.02. The van der Waals surface area contributed by atoms with E-state index in [4.69, 9.17) is 16.7 Å². The van der Waals surface area contributed by atoms with E-state index in [-0.39, 0.29) is 6.54 Å². The van der Waals surface area contributed by atoms with Gasteiger partial charge in [-0.15, -0.1) is 0 Å². The minimum atomic E-state index is -4.43. The number of nitrogens with zero attached hydrogens (tertiary/aromatic N) is 1. The molecule has 0 amide bonds. The molecule has 18 heavy (non-hydrogen) atoms. The second-order valence-electron chi connectivity index (χ2n) is 3.78. The average molecular weight is 282 g/mol. The van der Waals surface area contributed by atoms with Crippen LogP contribution in [0.5, 0.6) is 0 Å². The van der Waals surface area contributed by atoms with E-state index in [1.165, 1.54) is 0 Å². The summed E-state index contributed by atoms with van der Waals surface area (Å²) in [4.78, 5) is 11.3. The molecule has 100 valence electrons. The highest BCUT2D eigenvalue weighted by Crippen LogP contribution is 2.18. The van der Waals surface area contributed by atoms with Gasteiger partial charge in [0, 0.05) is 11.6 Å². The number of carboxylic acid groups (broad SMARTS) is 1. The molecular formula is C11H11ClF3NO2. The van der Waals surface area contributed by atoms with Crippen molar-refractivity contribution in [3.8, 4) is 0 Å². The van der Waals surface area contributed by atoms with Crippen LogP contribution in [0.25, 0.3) is 0 Å². The Morgan fingerprint density at radius 3 is 2.28 bits per heavy atom. The van der Waals surface area contributed by atoms with Gasteiger partial charge in [0.15, 0.2) is 0 Å². The van der Waals surface area contributed by atoms with Gasteiger partial charge < -0.3 is 5.11 Å². The first kappa shape index (κ1) is 14.8. The zero-order valence-corrected chi connectivity index (χ0v) is 10.0. The lowest BCUT2D eigenvalue weighted by molar-refractivity contribution is -0.154. The molecule has 0 bridgehead atoms. The number of carbonyl (C=O) groups is 1. The first-order chi connectivity index (χ1) is 8.26. The molecule has 0 unspecified atom stereocenters. The first-order valence-corrected chi connectivity index (χ1v) is 5.39. The summed E-state index contributed by atoms with van der Waals surface area (Å²) in [5.41, 5.74) is 0.574. The number of hydrogen-bond acceptors (Lipinski definition) is 2. The van der Waals surface area contributed by atoms with Crippen molar-refractivity contribution in [1.29, 1.82) is 0 Å². The van der Waals surface area contributed by atoms with Gasteiger partial charge in [-0.1, -0.05) is 23.7 Å². The normalized spacial score (nSPS) is 11.8. The molecule has 0 aliphatic carbocycles. The van der Waals surface area contributed by atoms with Crippen molar-refractivity contribution in [2.24, 2.45) is 0 Å². The fourth-order valence-electron chi connectivity index (χ4n) is 1.46. The highest BCUT2D eigenvalue weighted by atomic mass is 35.5. The molecule has 0 radical (unpaired) electrons. The van der Waals surface area contributed by atoms with Crippen molar-refractivity contribution < 1.29 is 23.1 Å². The van der Waals surface area contributed by atoms with Crippen LogP contribution in [-0.4, -0.2) is 35.2 Å². The first-order valence-electron chi connectivity index (χ1n) is 5.01. The van der Waals surface area contributed by atoms with Crippen LogP contribution < -0.4 is 0 Å². The molecular weight excluding hydrogens is 271 g/mol. The lowest BCUT2D eigenvalue weighted by Gasteiger charge is -2.21. The molecule has 0 heterocycles. The van der Waals surface area contributed by atoms with Gasteiger partial charge in [-0.05, 0) is 17.7 Å². The Balaban J connectivity index is 2.71. The van der Waals surface area contributed by atoms with E-state index in [9.17, 15) is 18.0 Å². The maximum absolute atomic E-state index is 12.3.